The summed E-state index contributed by atoms with van der Waals surface area (Å²) < 4.78 is 30.6. The molecule has 0 aliphatic rings. The van der Waals surface area contributed by atoms with Crippen LogP contribution in [0.5, 0.6) is 0 Å². The highest BCUT2D eigenvalue weighted by Gasteiger charge is 2.16. The molecule has 0 unspecified atom stereocenters. The van der Waals surface area contributed by atoms with Crippen molar-refractivity contribution in [3.63, 3.8) is 0 Å². The molecule has 0 aromatic carbocycles. The van der Waals surface area contributed by atoms with Gasteiger partial charge in [0, 0.05) is 6.20 Å². The summed E-state index contributed by atoms with van der Waals surface area (Å²) in [5.41, 5.74) is 0. The lowest BCUT2D eigenvalue weighted by Crippen LogP contribution is -2.36. The summed E-state index contributed by atoms with van der Waals surface area (Å²) in [4.78, 5) is 18.1. The third-order valence-corrected chi connectivity index (χ3v) is 2.44. The first-order valence-corrected chi connectivity index (χ1v) is 6.25. The molecule has 0 spiro atoms. The largest absolute Gasteiger partial charge is 0.449 e. The summed E-state index contributed by atoms with van der Waals surface area (Å²) in [5, 5.41) is 0.0637. The first-order chi connectivity index (χ1) is 7.93. The molecule has 0 fully saturated rings. The Morgan fingerprint density at radius 2 is 2.29 bits per heavy atom. The number of anilines is 1. The van der Waals surface area contributed by atoms with Gasteiger partial charge in [0.05, 0.1) is 6.61 Å². The maximum absolute atomic E-state index is 11.4. The van der Waals surface area contributed by atoms with Crippen molar-refractivity contribution in [2.45, 2.75) is 6.92 Å². The van der Waals surface area contributed by atoms with Gasteiger partial charge in [0.15, 0.2) is 0 Å². The number of carbonyl (C=O) groups is 1. The van der Waals surface area contributed by atoms with Crippen LogP contribution in [-0.4, -0.2) is 31.1 Å². The van der Waals surface area contributed by atoms with Gasteiger partial charge in [-0.1, -0.05) is 11.6 Å². The molecule has 8 nitrogen and oxygen atoms in total. The second kappa shape index (κ2) is 5.64. The number of carbonyl (C=O) groups excluding carboxylic acids is 1. The van der Waals surface area contributed by atoms with E-state index in [9.17, 15) is 13.2 Å². The molecule has 0 aliphatic carbocycles. The quantitative estimate of drug-likeness (QED) is 0.779. The van der Waals surface area contributed by atoms with E-state index in [-0.39, 0.29) is 17.7 Å². The van der Waals surface area contributed by atoms with Crippen molar-refractivity contribution in [3.8, 4) is 0 Å². The molecule has 0 radical (unpaired) electrons. The Morgan fingerprint density at radius 1 is 1.59 bits per heavy atom. The number of nitrogens with zero attached hydrogens (tertiary/aromatic N) is 2. The average Bonchev–Trinajstić information content (AvgIpc) is 2.15. The number of rotatable bonds is 4. The van der Waals surface area contributed by atoms with Crippen LogP contribution in [0.25, 0.3) is 0 Å². The smallest absolute Gasteiger partial charge is 0.422 e. The lowest BCUT2D eigenvalue weighted by atomic mass is 10.7. The van der Waals surface area contributed by atoms with Crippen LogP contribution in [0, 0.1) is 0 Å². The third-order valence-electron chi connectivity index (χ3n) is 1.34. The minimum atomic E-state index is -4.13. The molecule has 1 amide bonds. The Labute approximate surface area is 103 Å². The van der Waals surface area contributed by atoms with E-state index in [0.29, 0.717) is 0 Å². The molecule has 0 saturated carbocycles. The molecule has 10 heteroatoms. The summed E-state index contributed by atoms with van der Waals surface area (Å²) in [6.07, 6.45) is 0.166. The molecule has 17 heavy (non-hydrogen) atoms. The number of hydrogen-bond acceptors (Lipinski definition) is 6. The number of ether oxygens (including phenoxy) is 1. The van der Waals surface area contributed by atoms with Crippen molar-refractivity contribution >= 4 is 33.9 Å². The molecule has 2 N–H and O–H groups in total. The fourth-order valence-electron chi connectivity index (χ4n) is 0.802. The third kappa shape index (κ3) is 4.83. The molecule has 1 aromatic heterocycles. The minimum Gasteiger partial charge on any atom is -0.449 e. The topological polar surface area (TPSA) is 110 Å². The highest BCUT2D eigenvalue weighted by molar-refractivity contribution is 7.91. The second-order valence-corrected chi connectivity index (χ2v) is 4.43. The average molecular weight is 281 g/mol. The predicted molar refractivity (Wildman–Crippen MR) is 59.7 cm³/mol. The van der Waals surface area contributed by atoms with Crippen LogP contribution in [0.1, 0.15) is 6.92 Å². The van der Waals surface area contributed by atoms with Gasteiger partial charge in [-0.2, -0.15) is 8.42 Å². The second-order valence-electron chi connectivity index (χ2n) is 2.63. The molecule has 1 rings (SSSR count). The Morgan fingerprint density at radius 3 is 2.88 bits per heavy atom. The molecular weight excluding hydrogens is 272 g/mol. The molecule has 1 heterocycles. The molecular formula is C7H9ClN4O4S. The molecule has 0 saturated heterocycles. The van der Waals surface area contributed by atoms with Gasteiger partial charge in [0.25, 0.3) is 0 Å². The van der Waals surface area contributed by atoms with Crippen molar-refractivity contribution in [3.05, 3.63) is 17.4 Å². The Hall–Kier alpha value is -1.61. The van der Waals surface area contributed by atoms with E-state index in [4.69, 9.17) is 11.6 Å². The van der Waals surface area contributed by atoms with E-state index < -0.39 is 16.3 Å². The van der Waals surface area contributed by atoms with Crippen LogP contribution in [0.3, 0.4) is 0 Å². The summed E-state index contributed by atoms with van der Waals surface area (Å²) in [6, 6.07) is 1.37. The number of aromatic nitrogens is 2. The van der Waals surface area contributed by atoms with E-state index >= 15 is 0 Å². The summed E-state index contributed by atoms with van der Waals surface area (Å²) >= 11 is 5.53. The normalized spacial score (nSPS) is 10.7. The van der Waals surface area contributed by atoms with Gasteiger partial charge >= 0.3 is 16.3 Å². The van der Waals surface area contributed by atoms with E-state index in [1.807, 2.05) is 4.72 Å². The highest BCUT2D eigenvalue weighted by Crippen LogP contribution is 2.06. The first-order valence-electron chi connectivity index (χ1n) is 4.39. The van der Waals surface area contributed by atoms with E-state index in [2.05, 4.69) is 14.7 Å². The number of amides is 1. The number of nitrogens with one attached hydrogen (secondary N) is 2. The van der Waals surface area contributed by atoms with Crippen molar-refractivity contribution in [2.75, 3.05) is 11.3 Å². The van der Waals surface area contributed by atoms with Crippen LogP contribution in [-0.2, 0) is 14.9 Å². The lowest BCUT2D eigenvalue weighted by Gasteiger charge is -2.07. The maximum Gasteiger partial charge on any atom is 0.422 e. The standard InChI is InChI=1S/C7H9ClN4O4S/c1-2-16-7(13)12-17(14,15)11-6-9-4-3-5(8)10-6/h3-4H,2H2,1H3,(H,12,13)(H,9,10,11). The first kappa shape index (κ1) is 13.5. The van der Waals surface area contributed by atoms with Crippen molar-refractivity contribution in [1.82, 2.24) is 14.7 Å². The number of halogens is 1. The van der Waals surface area contributed by atoms with Crippen molar-refractivity contribution in [2.24, 2.45) is 0 Å². The van der Waals surface area contributed by atoms with E-state index in [0.717, 1.165) is 0 Å². The lowest BCUT2D eigenvalue weighted by molar-refractivity contribution is 0.159. The highest BCUT2D eigenvalue weighted by atomic mass is 35.5. The molecule has 0 atom stereocenters. The fourth-order valence-corrected chi connectivity index (χ4v) is 1.61. The van der Waals surface area contributed by atoms with Gasteiger partial charge in [-0.25, -0.2) is 24.2 Å². The van der Waals surface area contributed by atoms with Gasteiger partial charge in [0.2, 0.25) is 5.95 Å². The molecule has 0 aliphatic heterocycles. The van der Waals surface area contributed by atoms with Gasteiger partial charge in [0.1, 0.15) is 5.15 Å². The van der Waals surface area contributed by atoms with Crippen LogP contribution in [0.15, 0.2) is 12.3 Å². The van der Waals surface area contributed by atoms with Crippen LogP contribution in [0.2, 0.25) is 5.15 Å². The van der Waals surface area contributed by atoms with Crippen molar-refractivity contribution < 1.29 is 17.9 Å². The Kier molecular flexibility index (Phi) is 4.46. The monoisotopic (exact) mass is 280 g/mol. The minimum absolute atomic E-state index is 0.0506. The molecule has 1 aromatic rings. The number of hydrogen-bond donors (Lipinski definition) is 2. The Balaban J connectivity index is 2.70. The maximum atomic E-state index is 11.4. The zero-order valence-electron chi connectivity index (χ0n) is 8.68. The van der Waals surface area contributed by atoms with E-state index in [1.165, 1.54) is 12.3 Å². The molecule has 94 valence electrons. The van der Waals surface area contributed by atoms with Crippen molar-refractivity contribution in [1.29, 1.82) is 0 Å². The van der Waals surface area contributed by atoms with E-state index in [1.54, 1.807) is 11.6 Å². The molecule has 0 bridgehead atoms. The van der Waals surface area contributed by atoms with Crippen LogP contribution >= 0.6 is 11.6 Å². The van der Waals surface area contributed by atoms with Gasteiger partial charge in [-0.3, -0.25) is 0 Å². The van der Waals surface area contributed by atoms with Gasteiger partial charge < -0.3 is 4.74 Å². The van der Waals surface area contributed by atoms with Gasteiger partial charge in [-0.15, -0.1) is 0 Å². The zero-order valence-corrected chi connectivity index (χ0v) is 10.2. The zero-order chi connectivity index (χ0) is 12.9. The summed E-state index contributed by atoms with van der Waals surface area (Å²) in [7, 11) is -4.13. The van der Waals surface area contributed by atoms with Crippen LogP contribution < -0.4 is 9.44 Å². The summed E-state index contributed by atoms with van der Waals surface area (Å²) in [5.74, 6) is -0.255. The fraction of sp³-hybridized carbons (Fsp3) is 0.286. The summed E-state index contributed by atoms with van der Waals surface area (Å²) in [6.45, 7) is 1.59. The predicted octanol–water partition coefficient (Wildman–Crippen LogP) is 0.533. The Bertz CT molecular complexity index is 506. The van der Waals surface area contributed by atoms with Gasteiger partial charge in [-0.05, 0) is 13.0 Å². The SMILES string of the molecule is CCOC(=O)NS(=O)(=O)Nc1nccc(Cl)n1. The van der Waals surface area contributed by atoms with Crippen LogP contribution in [0.4, 0.5) is 10.7 Å².